The monoisotopic (exact) mass is 671 g/mol. The third-order valence-electron chi connectivity index (χ3n) is 8.80. The van der Waals surface area contributed by atoms with E-state index in [1.165, 1.54) is 16.8 Å². The number of nitrogens with one attached hydrogen (secondary N) is 2. The van der Waals surface area contributed by atoms with Crippen molar-refractivity contribution >= 4 is 40.5 Å². The topological polar surface area (TPSA) is 138 Å². The highest BCUT2D eigenvalue weighted by atomic mass is 16.6. The summed E-state index contributed by atoms with van der Waals surface area (Å²) in [7, 11) is 3.09. The Morgan fingerprint density at radius 3 is 2.37 bits per heavy atom. The van der Waals surface area contributed by atoms with Crippen LogP contribution in [0.1, 0.15) is 56.0 Å². The van der Waals surface area contributed by atoms with E-state index >= 15 is 0 Å². The quantitative estimate of drug-likeness (QED) is 0.432. The van der Waals surface area contributed by atoms with Crippen LogP contribution in [0.2, 0.25) is 0 Å². The highest BCUT2D eigenvalue weighted by molar-refractivity contribution is 5.97. The zero-order chi connectivity index (χ0) is 35.3. The molecule has 0 spiro atoms. The molecular formula is C37H45N5O7. The maximum absolute atomic E-state index is 13.6. The van der Waals surface area contributed by atoms with Crippen LogP contribution in [-0.2, 0) is 25.7 Å². The maximum Gasteiger partial charge on any atom is 0.407 e. The van der Waals surface area contributed by atoms with Gasteiger partial charge in [0.1, 0.15) is 24.0 Å². The van der Waals surface area contributed by atoms with E-state index in [9.17, 15) is 24.0 Å². The summed E-state index contributed by atoms with van der Waals surface area (Å²) in [6.07, 6.45) is -0.156. The van der Waals surface area contributed by atoms with Crippen molar-refractivity contribution in [2.75, 3.05) is 33.8 Å². The first kappa shape index (κ1) is 35.2. The van der Waals surface area contributed by atoms with Crippen LogP contribution in [0.15, 0.2) is 66.7 Å². The van der Waals surface area contributed by atoms with Crippen LogP contribution in [0.25, 0.3) is 10.8 Å². The molecular weight excluding hydrogens is 626 g/mol. The molecule has 3 atom stereocenters. The number of hydrogen-bond acceptors (Lipinski definition) is 7. The van der Waals surface area contributed by atoms with Crippen molar-refractivity contribution in [2.45, 2.75) is 70.3 Å². The van der Waals surface area contributed by atoms with Crippen molar-refractivity contribution in [2.24, 2.45) is 0 Å². The molecule has 0 saturated carbocycles. The summed E-state index contributed by atoms with van der Waals surface area (Å²) >= 11 is 0. The standard InChI is InChI=1S/C37H45N5O7/c1-37(2,3)49-36(47)39-28-19-29-23-48-30-14-12-26(13-15-30)35(46)41(5)31(16-17-32(43)40(4)22-33(44)42(29)21-28)34(45)38-20-24-10-11-25-8-6-7-9-27(25)18-24/h6-15,18,28-29,31H,16-17,19-23H2,1-5H3,(H,38,45)(H,39,47)/t28-,29+,31+/m1/s1. The number of amides is 5. The fourth-order valence-electron chi connectivity index (χ4n) is 6.18. The molecule has 2 N–H and O–H groups in total. The van der Waals surface area contributed by atoms with Gasteiger partial charge in [-0.05, 0) is 80.3 Å². The number of hydrogen-bond donors (Lipinski definition) is 2. The van der Waals surface area contributed by atoms with Crippen molar-refractivity contribution in [3.05, 3.63) is 77.9 Å². The predicted molar refractivity (Wildman–Crippen MR) is 184 cm³/mol. The molecule has 3 aromatic rings. The Morgan fingerprint density at radius 1 is 0.939 bits per heavy atom. The summed E-state index contributed by atoms with van der Waals surface area (Å²) in [4.78, 5) is 70.9. The molecule has 5 amide bonds. The minimum atomic E-state index is -0.949. The smallest absolute Gasteiger partial charge is 0.407 e. The number of fused-ring (bicyclic) bond motifs is 12. The molecule has 49 heavy (non-hydrogen) atoms. The van der Waals surface area contributed by atoms with Gasteiger partial charge in [0.25, 0.3) is 5.91 Å². The van der Waals surface area contributed by atoms with Gasteiger partial charge in [-0.1, -0.05) is 36.4 Å². The molecule has 260 valence electrons. The van der Waals surface area contributed by atoms with Gasteiger partial charge in [-0.15, -0.1) is 0 Å². The first-order valence-electron chi connectivity index (χ1n) is 16.6. The summed E-state index contributed by atoms with van der Waals surface area (Å²) in [5, 5.41) is 7.94. The molecule has 1 saturated heterocycles. The molecule has 6 rings (SSSR count). The Bertz CT molecular complexity index is 1700. The second kappa shape index (κ2) is 15.0. The molecule has 3 aliphatic rings. The van der Waals surface area contributed by atoms with E-state index in [1.807, 2.05) is 42.5 Å². The molecule has 0 aromatic heterocycles. The Kier molecular flexibility index (Phi) is 10.7. The fraction of sp³-hybridized carbons (Fsp3) is 0.432. The third-order valence-corrected chi connectivity index (χ3v) is 8.80. The summed E-state index contributed by atoms with van der Waals surface area (Å²) in [5.74, 6) is -0.913. The number of rotatable bonds is 4. The second-order valence-corrected chi connectivity index (χ2v) is 13.7. The molecule has 0 radical (unpaired) electrons. The molecule has 1 fully saturated rings. The molecule has 12 heteroatoms. The van der Waals surface area contributed by atoms with Gasteiger partial charge < -0.3 is 34.8 Å². The highest BCUT2D eigenvalue weighted by Gasteiger charge is 2.38. The van der Waals surface area contributed by atoms with Crippen molar-refractivity contribution in [1.82, 2.24) is 25.3 Å². The zero-order valence-corrected chi connectivity index (χ0v) is 28.7. The molecule has 0 aliphatic carbocycles. The first-order chi connectivity index (χ1) is 23.3. The van der Waals surface area contributed by atoms with Crippen molar-refractivity contribution < 1.29 is 33.4 Å². The van der Waals surface area contributed by atoms with Gasteiger partial charge in [0, 0.05) is 39.2 Å². The van der Waals surface area contributed by atoms with E-state index in [0.29, 0.717) is 17.7 Å². The maximum atomic E-state index is 13.6. The lowest BCUT2D eigenvalue weighted by Crippen LogP contribution is -2.48. The van der Waals surface area contributed by atoms with Crippen LogP contribution in [0.3, 0.4) is 0 Å². The summed E-state index contributed by atoms with van der Waals surface area (Å²) in [5.41, 5.74) is 0.583. The minimum absolute atomic E-state index is 0.0541. The van der Waals surface area contributed by atoms with Crippen LogP contribution in [0.4, 0.5) is 4.79 Å². The lowest BCUT2D eigenvalue weighted by Gasteiger charge is -2.29. The van der Waals surface area contributed by atoms with Gasteiger partial charge in [0.2, 0.25) is 17.7 Å². The number of carbonyl (C=O) groups is 5. The van der Waals surface area contributed by atoms with Gasteiger partial charge in [-0.25, -0.2) is 4.79 Å². The Balaban J connectivity index is 1.32. The summed E-state index contributed by atoms with van der Waals surface area (Å²) in [6, 6.07) is 18.8. The number of carbonyl (C=O) groups excluding carboxylic acids is 5. The number of alkyl carbamates (subject to hydrolysis) is 1. The lowest BCUT2D eigenvalue weighted by atomic mass is 10.1. The molecule has 3 aromatic carbocycles. The Morgan fingerprint density at radius 2 is 1.65 bits per heavy atom. The Hall–Kier alpha value is -5.13. The minimum Gasteiger partial charge on any atom is -0.491 e. The second-order valence-electron chi connectivity index (χ2n) is 13.7. The van der Waals surface area contributed by atoms with Gasteiger partial charge in [0.15, 0.2) is 0 Å². The van der Waals surface area contributed by atoms with E-state index in [4.69, 9.17) is 9.47 Å². The number of likely N-dealkylation sites (N-methyl/N-ethyl adjacent to an activating group) is 2. The molecule has 3 aliphatic heterocycles. The molecule has 2 bridgehead atoms. The van der Waals surface area contributed by atoms with Crippen LogP contribution in [0.5, 0.6) is 5.75 Å². The SMILES string of the molecule is CN1CC(=O)N2C[C@H](NC(=O)OC(C)(C)C)C[C@H]2COc2ccc(cc2)C(=O)N(C)[C@H](C(=O)NCc2ccc3ccccc3c2)CCC1=O. The number of nitrogens with zero attached hydrogens (tertiary/aromatic N) is 3. The highest BCUT2D eigenvalue weighted by Crippen LogP contribution is 2.23. The third kappa shape index (κ3) is 9.07. The van der Waals surface area contributed by atoms with Crippen LogP contribution in [-0.4, -0.2) is 102 Å². The zero-order valence-electron chi connectivity index (χ0n) is 28.7. The van der Waals surface area contributed by atoms with E-state index in [1.54, 1.807) is 57.0 Å². The largest absolute Gasteiger partial charge is 0.491 e. The fourth-order valence-corrected chi connectivity index (χ4v) is 6.18. The van der Waals surface area contributed by atoms with Gasteiger partial charge in [-0.3, -0.25) is 19.2 Å². The molecule has 3 heterocycles. The normalized spacial score (nSPS) is 20.9. The van der Waals surface area contributed by atoms with Crippen molar-refractivity contribution in [1.29, 1.82) is 0 Å². The van der Waals surface area contributed by atoms with Crippen molar-refractivity contribution in [3.63, 3.8) is 0 Å². The predicted octanol–water partition coefficient (Wildman–Crippen LogP) is 3.72. The lowest BCUT2D eigenvalue weighted by molar-refractivity contribution is -0.140. The van der Waals surface area contributed by atoms with E-state index in [-0.39, 0.29) is 68.9 Å². The van der Waals surface area contributed by atoms with Crippen LogP contribution < -0.4 is 15.4 Å². The van der Waals surface area contributed by atoms with E-state index < -0.39 is 23.6 Å². The Labute approximate surface area is 286 Å². The van der Waals surface area contributed by atoms with Gasteiger partial charge in [0.05, 0.1) is 18.6 Å². The number of benzene rings is 3. The van der Waals surface area contributed by atoms with Crippen molar-refractivity contribution in [3.8, 4) is 5.75 Å². The molecule has 12 nitrogen and oxygen atoms in total. The van der Waals surface area contributed by atoms with E-state index in [0.717, 1.165) is 16.3 Å². The molecule has 0 unspecified atom stereocenters. The average Bonchev–Trinajstić information content (AvgIpc) is 3.47. The van der Waals surface area contributed by atoms with Crippen LogP contribution in [0, 0.1) is 0 Å². The first-order valence-corrected chi connectivity index (χ1v) is 16.6. The average molecular weight is 672 g/mol. The van der Waals surface area contributed by atoms with E-state index in [2.05, 4.69) is 10.6 Å². The summed E-state index contributed by atoms with van der Waals surface area (Å²) in [6.45, 7) is 5.74. The number of ether oxygens (including phenoxy) is 2. The van der Waals surface area contributed by atoms with Crippen LogP contribution >= 0.6 is 0 Å². The summed E-state index contributed by atoms with van der Waals surface area (Å²) < 4.78 is 11.5. The van der Waals surface area contributed by atoms with Gasteiger partial charge in [-0.2, -0.15) is 0 Å². The van der Waals surface area contributed by atoms with Gasteiger partial charge >= 0.3 is 6.09 Å².